The Labute approximate surface area is 149 Å². The van der Waals surface area contributed by atoms with Crippen LogP contribution < -0.4 is 5.32 Å². The zero-order valence-electron chi connectivity index (χ0n) is 14.0. The molecule has 2 rings (SSSR count). The first-order chi connectivity index (χ1) is 12.4. The first-order valence-electron chi connectivity index (χ1n) is 7.86. The van der Waals surface area contributed by atoms with E-state index < -0.39 is 41.6 Å². The van der Waals surface area contributed by atoms with Crippen LogP contribution in [0, 0.1) is 11.6 Å². The number of carbonyl (C=O) groups excluding carboxylic acids is 3. The molecule has 0 aliphatic rings. The maximum absolute atomic E-state index is 13.5. The van der Waals surface area contributed by atoms with Crippen LogP contribution in [-0.4, -0.2) is 30.3 Å². The van der Waals surface area contributed by atoms with Gasteiger partial charge in [0.05, 0.1) is 12.0 Å². The molecule has 1 amide bonds. The van der Waals surface area contributed by atoms with Gasteiger partial charge in [0.15, 0.2) is 6.61 Å². The number of ketones is 1. The van der Waals surface area contributed by atoms with Gasteiger partial charge >= 0.3 is 5.97 Å². The summed E-state index contributed by atoms with van der Waals surface area (Å²) in [7, 11) is 0. The molecule has 0 saturated heterocycles. The molecule has 0 aromatic heterocycles. The number of amides is 1. The van der Waals surface area contributed by atoms with Crippen LogP contribution in [0.15, 0.2) is 48.5 Å². The van der Waals surface area contributed by atoms with Gasteiger partial charge < -0.3 is 10.1 Å². The number of hydrogen-bond donors (Lipinski definition) is 1. The van der Waals surface area contributed by atoms with E-state index in [1.165, 1.54) is 0 Å². The van der Waals surface area contributed by atoms with Gasteiger partial charge in [-0.2, -0.15) is 0 Å². The average Bonchev–Trinajstić information content (AvgIpc) is 2.62. The number of nitrogens with one attached hydrogen (secondary N) is 1. The highest BCUT2D eigenvalue weighted by molar-refractivity contribution is 5.98. The summed E-state index contributed by atoms with van der Waals surface area (Å²) < 4.78 is 31.3. The number of Topliss-reactive ketones (excluding diaryl/α,β-unsaturated/α-hetero) is 1. The molecule has 26 heavy (non-hydrogen) atoms. The molecule has 0 bridgehead atoms. The number of carbonyl (C=O) groups is 3. The van der Waals surface area contributed by atoms with Crippen molar-refractivity contribution in [3.63, 3.8) is 0 Å². The maximum Gasteiger partial charge on any atom is 0.308 e. The fraction of sp³-hybridized carbons (Fsp3) is 0.211. The van der Waals surface area contributed by atoms with E-state index in [2.05, 4.69) is 5.32 Å². The minimum Gasteiger partial charge on any atom is -0.457 e. The van der Waals surface area contributed by atoms with Gasteiger partial charge in [-0.3, -0.25) is 14.4 Å². The first kappa shape index (κ1) is 19.2. The molecule has 136 valence electrons. The molecule has 1 N–H and O–H groups in total. The van der Waals surface area contributed by atoms with Crippen LogP contribution >= 0.6 is 0 Å². The molecule has 2 aromatic rings. The van der Waals surface area contributed by atoms with E-state index in [0.717, 1.165) is 18.2 Å². The van der Waals surface area contributed by atoms with Gasteiger partial charge in [0.2, 0.25) is 5.78 Å². The number of esters is 1. The zero-order valence-corrected chi connectivity index (χ0v) is 14.0. The summed E-state index contributed by atoms with van der Waals surface area (Å²) in [5, 5.41) is 2.63. The van der Waals surface area contributed by atoms with Crippen LogP contribution in [0.1, 0.15) is 34.1 Å². The normalized spacial score (nSPS) is 11.5. The van der Waals surface area contributed by atoms with Gasteiger partial charge in [-0.15, -0.1) is 0 Å². The molecule has 0 radical (unpaired) electrons. The minimum atomic E-state index is -0.893. The summed E-state index contributed by atoms with van der Waals surface area (Å²) in [4.78, 5) is 35.5. The van der Waals surface area contributed by atoms with Crippen LogP contribution in [0.4, 0.5) is 8.78 Å². The lowest BCUT2D eigenvalue weighted by Gasteiger charge is -2.13. The number of rotatable bonds is 7. The quantitative estimate of drug-likeness (QED) is 0.608. The van der Waals surface area contributed by atoms with Gasteiger partial charge in [-0.1, -0.05) is 18.2 Å². The summed E-state index contributed by atoms with van der Waals surface area (Å²) >= 11 is 0. The molecule has 1 atom stereocenters. The van der Waals surface area contributed by atoms with E-state index in [9.17, 15) is 23.2 Å². The molecule has 0 saturated carbocycles. The molecule has 1 unspecified atom stereocenters. The van der Waals surface area contributed by atoms with Crippen molar-refractivity contribution >= 4 is 17.7 Å². The van der Waals surface area contributed by atoms with Crippen molar-refractivity contribution in [1.29, 1.82) is 0 Å². The van der Waals surface area contributed by atoms with Gasteiger partial charge in [0.1, 0.15) is 11.6 Å². The van der Waals surface area contributed by atoms with Gasteiger partial charge in [-0.05, 0) is 37.3 Å². The highest BCUT2D eigenvalue weighted by atomic mass is 19.1. The standard InChI is InChI=1S/C19H17F2NO4/c1-12(22-19(25)13-5-3-2-4-6-13)9-18(24)26-11-17(23)15-10-14(20)7-8-16(15)21/h2-8,10,12H,9,11H2,1H3,(H,22,25). The molecule has 0 aliphatic carbocycles. The number of ether oxygens (including phenoxy) is 1. The first-order valence-corrected chi connectivity index (χ1v) is 7.86. The number of halogens is 2. The lowest BCUT2D eigenvalue weighted by molar-refractivity contribution is -0.142. The second-order valence-corrected chi connectivity index (χ2v) is 5.65. The fourth-order valence-electron chi connectivity index (χ4n) is 2.19. The third-order valence-electron chi connectivity index (χ3n) is 3.48. The molecular formula is C19H17F2NO4. The summed E-state index contributed by atoms with van der Waals surface area (Å²) in [5.74, 6) is -3.59. The Morgan fingerprint density at radius 3 is 2.46 bits per heavy atom. The Morgan fingerprint density at radius 2 is 1.77 bits per heavy atom. The summed E-state index contributed by atoms with van der Waals surface area (Å²) in [6, 6.07) is 10.4. The van der Waals surface area contributed by atoms with Crippen molar-refractivity contribution in [2.24, 2.45) is 0 Å². The Balaban J connectivity index is 1.82. The molecule has 0 heterocycles. The van der Waals surface area contributed by atoms with Crippen molar-refractivity contribution in [1.82, 2.24) is 5.32 Å². The molecule has 7 heteroatoms. The lowest BCUT2D eigenvalue weighted by atomic mass is 10.1. The molecule has 0 aliphatic heterocycles. The largest absolute Gasteiger partial charge is 0.457 e. The monoisotopic (exact) mass is 361 g/mol. The minimum absolute atomic E-state index is 0.169. The molecule has 0 fully saturated rings. The van der Waals surface area contributed by atoms with Crippen LogP contribution in [-0.2, 0) is 9.53 Å². The van der Waals surface area contributed by atoms with Crippen molar-refractivity contribution in [2.75, 3.05) is 6.61 Å². The predicted octanol–water partition coefficient (Wildman–Crippen LogP) is 2.90. The Morgan fingerprint density at radius 1 is 1.08 bits per heavy atom. The molecule has 0 spiro atoms. The maximum atomic E-state index is 13.5. The zero-order chi connectivity index (χ0) is 19.1. The average molecular weight is 361 g/mol. The van der Waals surface area contributed by atoms with Gasteiger partial charge in [0, 0.05) is 11.6 Å². The second-order valence-electron chi connectivity index (χ2n) is 5.65. The number of hydrogen-bond acceptors (Lipinski definition) is 4. The van der Waals surface area contributed by atoms with Crippen LogP contribution in [0.3, 0.4) is 0 Å². The smallest absolute Gasteiger partial charge is 0.308 e. The third-order valence-corrected chi connectivity index (χ3v) is 3.48. The van der Waals surface area contributed by atoms with Crippen molar-refractivity contribution < 1.29 is 27.9 Å². The summed E-state index contributed by atoms with van der Waals surface area (Å²) in [6.07, 6.45) is -0.169. The van der Waals surface area contributed by atoms with E-state index in [0.29, 0.717) is 5.56 Å². The van der Waals surface area contributed by atoms with Crippen LogP contribution in [0.2, 0.25) is 0 Å². The lowest BCUT2D eigenvalue weighted by Crippen LogP contribution is -2.34. The van der Waals surface area contributed by atoms with Crippen LogP contribution in [0.5, 0.6) is 0 Å². The van der Waals surface area contributed by atoms with E-state index in [1.807, 2.05) is 0 Å². The highest BCUT2D eigenvalue weighted by Crippen LogP contribution is 2.11. The summed E-state index contributed by atoms with van der Waals surface area (Å²) in [5.41, 5.74) is -0.0345. The van der Waals surface area contributed by atoms with Crippen molar-refractivity contribution in [3.05, 3.63) is 71.3 Å². The molecular weight excluding hydrogens is 344 g/mol. The van der Waals surface area contributed by atoms with Crippen LogP contribution in [0.25, 0.3) is 0 Å². The second kappa shape index (κ2) is 8.84. The SMILES string of the molecule is CC(CC(=O)OCC(=O)c1cc(F)ccc1F)NC(=O)c1ccccc1. The Hall–Kier alpha value is -3.09. The van der Waals surface area contributed by atoms with Gasteiger partial charge in [0.25, 0.3) is 5.91 Å². The number of benzene rings is 2. The van der Waals surface area contributed by atoms with E-state index in [1.54, 1.807) is 37.3 Å². The molecule has 2 aromatic carbocycles. The van der Waals surface area contributed by atoms with Crippen molar-refractivity contribution in [3.8, 4) is 0 Å². The van der Waals surface area contributed by atoms with E-state index in [-0.39, 0.29) is 12.3 Å². The fourth-order valence-corrected chi connectivity index (χ4v) is 2.19. The Kier molecular flexibility index (Phi) is 6.54. The highest BCUT2D eigenvalue weighted by Gasteiger charge is 2.17. The topological polar surface area (TPSA) is 72.5 Å². The van der Waals surface area contributed by atoms with Crippen molar-refractivity contribution in [2.45, 2.75) is 19.4 Å². The van der Waals surface area contributed by atoms with Gasteiger partial charge in [-0.25, -0.2) is 8.78 Å². The van der Waals surface area contributed by atoms with E-state index >= 15 is 0 Å². The predicted molar refractivity (Wildman–Crippen MR) is 89.6 cm³/mol. The summed E-state index contributed by atoms with van der Waals surface area (Å²) in [6.45, 7) is 0.898. The molecule has 5 nitrogen and oxygen atoms in total. The third kappa shape index (κ3) is 5.47. The van der Waals surface area contributed by atoms with E-state index in [4.69, 9.17) is 4.74 Å². The Bertz CT molecular complexity index is 808.